The largest absolute Gasteiger partial charge is 2.00 e. The first-order valence-electron chi connectivity index (χ1n) is 6.72. The molecular formula is C17H16FeN2O3. The summed E-state index contributed by atoms with van der Waals surface area (Å²) in [6.45, 7) is 0. The summed E-state index contributed by atoms with van der Waals surface area (Å²) in [6.07, 6.45) is 8.67. The predicted octanol–water partition coefficient (Wildman–Crippen LogP) is 1.07. The predicted molar refractivity (Wildman–Crippen MR) is 84.7 cm³/mol. The van der Waals surface area contributed by atoms with Crippen molar-refractivity contribution in [2.75, 3.05) is 0 Å². The zero-order valence-electron chi connectivity index (χ0n) is 12.7. The Labute approximate surface area is 144 Å². The van der Waals surface area contributed by atoms with Crippen LogP contribution in [-0.2, 0) is 31.2 Å². The molecule has 6 heteroatoms. The van der Waals surface area contributed by atoms with Gasteiger partial charge in [-0.1, -0.05) is 24.3 Å². The zero-order valence-corrected chi connectivity index (χ0v) is 13.9. The van der Waals surface area contributed by atoms with Crippen molar-refractivity contribution in [3.63, 3.8) is 0 Å². The molecule has 0 radical (unpaired) electrons. The van der Waals surface area contributed by atoms with E-state index in [0.717, 1.165) is 14.7 Å². The van der Waals surface area contributed by atoms with Crippen molar-refractivity contribution < 1.29 is 22.2 Å². The molecule has 0 unspecified atom stereocenters. The van der Waals surface area contributed by atoms with Gasteiger partial charge in [0.25, 0.3) is 5.56 Å². The van der Waals surface area contributed by atoms with E-state index in [0.29, 0.717) is 0 Å². The minimum atomic E-state index is -0.611. The van der Waals surface area contributed by atoms with Crippen molar-refractivity contribution in [2.45, 2.75) is 0 Å². The average Bonchev–Trinajstić information content (AvgIpc) is 3.23. The van der Waals surface area contributed by atoms with E-state index < -0.39 is 17.1 Å². The van der Waals surface area contributed by atoms with Gasteiger partial charge in [-0.3, -0.25) is 9.36 Å². The van der Waals surface area contributed by atoms with Crippen molar-refractivity contribution in [3.8, 4) is 5.88 Å². The number of aromatic nitrogens is 2. The molecule has 0 aliphatic heterocycles. The number of allylic oxidation sites excluding steroid dienone is 5. The van der Waals surface area contributed by atoms with Gasteiger partial charge in [-0.2, -0.15) is 18.2 Å². The van der Waals surface area contributed by atoms with Crippen LogP contribution < -0.4 is 16.4 Å². The Bertz CT molecular complexity index is 822. The fourth-order valence-corrected chi connectivity index (χ4v) is 1.95. The topological polar surface area (TPSA) is 67.1 Å². The van der Waals surface area contributed by atoms with Gasteiger partial charge in [0.15, 0.2) is 0 Å². The molecule has 1 heterocycles. The van der Waals surface area contributed by atoms with Gasteiger partial charge >= 0.3 is 22.8 Å². The molecule has 0 saturated heterocycles. The first kappa shape index (κ1) is 18.6. The second-order valence-electron chi connectivity index (χ2n) is 4.75. The summed E-state index contributed by atoms with van der Waals surface area (Å²) in [5.41, 5.74) is -0.419. The molecule has 23 heavy (non-hydrogen) atoms. The summed E-state index contributed by atoms with van der Waals surface area (Å²) in [4.78, 5) is 23.3. The second kappa shape index (κ2) is 8.27. The van der Waals surface area contributed by atoms with E-state index in [2.05, 4.69) is 0 Å². The third-order valence-electron chi connectivity index (χ3n) is 3.20. The smallest absolute Gasteiger partial charge is 0.859 e. The van der Waals surface area contributed by atoms with Gasteiger partial charge in [-0.05, 0) is 17.5 Å². The van der Waals surface area contributed by atoms with Gasteiger partial charge < -0.3 is 9.67 Å². The molecule has 0 N–H and O–H groups in total. The number of nitrogens with zero attached hydrogens (tertiary/aromatic N) is 2. The normalized spacial score (nSPS) is 11.7. The van der Waals surface area contributed by atoms with Crippen LogP contribution in [0.2, 0.25) is 0 Å². The number of hydrogen-bond donors (Lipinski definition) is 0. The van der Waals surface area contributed by atoms with Gasteiger partial charge in [-0.15, -0.1) is 0 Å². The van der Waals surface area contributed by atoms with Gasteiger partial charge in [0, 0.05) is 19.7 Å². The Kier molecular flexibility index (Phi) is 6.69. The van der Waals surface area contributed by atoms with Crippen LogP contribution in [0.3, 0.4) is 0 Å². The van der Waals surface area contributed by atoms with Crippen LogP contribution in [0.1, 0.15) is 5.56 Å². The van der Waals surface area contributed by atoms with Gasteiger partial charge in [0.1, 0.15) is 0 Å². The maximum absolute atomic E-state index is 11.8. The molecule has 5 nitrogen and oxygen atoms in total. The first-order chi connectivity index (χ1) is 10.5. The Balaban J connectivity index is 0.000000377. The van der Waals surface area contributed by atoms with Crippen LogP contribution in [0.15, 0.2) is 69.8 Å². The third kappa shape index (κ3) is 4.28. The maximum Gasteiger partial charge on any atom is 2.00 e. The standard InChI is InChI=1S/C12H12N2O3.C5H5.Fe/c1-13-10(15)9(7-8-5-3-4-6-8)11(16)14(2)12(13)17;1-2-4-5-3-1;/h3-7,15H,1-2H3;1-5H;/q;-1;+2/p-1. The molecule has 0 atom stereocenters. The van der Waals surface area contributed by atoms with E-state index in [1.54, 1.807) is 12.2 Å². The third-order valence-corrected chi connectivity index (χ3v) is 3.20. The molecule has 0 fully saturated rings. The van der Waals surface area contributed by atoms with Crippen molar-refractivity contribution in [1.29, 1.82) is 0 Å². The fraction of sp³-hybridized carbons (Fsp3) is 0.118. The molecule has 0 spiro atoms. The molecule has 1 aliphatic carbocycles. The minimum Gasteiger partial charge on any atom is -0.859 e. The summed E-state index contributed by atoms with van der Waals surface area (Å²) in [7, 11) is 2.71. The Morgan fingerprint density at radius 3 is 2.09 bits per heavy atom. The first-order valence-corrected chi connectivity index (χ1v) is 6.72. The monoisotopic (exact) mass is 352 g/mol. The molecule has 1 aliphatic rings. The van der Waals surface area contributed by atoms with Crippen molar-refractivity contribution in [2.24, 2.45) is 14.1 Å². The van der Waals surface area contributed by atoms with Crippen LogP contribution >= 0.6 is 0 Å². The number of rotatable bonds is 1. The molecule has 1 aromatic heterocycles. The fourth-order valence-electron chi connectivity index (χ4n) is 1.95. The molecule has 2 aromatic rings. The molecule has 0 saturated carbocycles. The SMILES string of the molecule is Cn1c([O-])c(C=C2C=CC=C2)c(=O)n(C)c1=O.[Fe+2].c1cc[cH-]c1. The number of hydrogen-bond acceptors (Lipinski definition) is 3. The summed E-state index contributed by atoms with van der Waals surface area (Å²) >= 11 is 0. The van der Waals surface area contributed by atoms with E-state index in [1.165, 1.54) is 20.2 Å². The summed E-state index contributed by atoms with van der Waals surface area (Å²) < 4.78 is 1.85. The van der Waals surface area contributed by atoms with E-state index in [1.807, 2.05) is 42.5 Å². The molecule has 120 valence electrons. The Morgan fingerprint density at radius 2 is 1.61 bits per heavy atom. The van der Waals surface area contributed by atoms with Crippen LogP contribution in [0.4, 0.5) is 0 Å². The van der Waals surface area contributed by atoms with Gasteiger partial charge in [0.05, 0.1) is 0 Å². The van der Waals surface area contributed by atoms with Crippen LogP contribution in [0, 0.1) is 0 Å². The van der Waals surface area contributed by atoms with E-state index >= 15 is 0 Å². The van der Waals surface area contributed by atoms with Crippen molar-refractivity contribution in [3.05, 3.63) is 86.6 Å². The van der Waals surface area contributed by atoms with Crippen molar-refractivity contribution in [1.82, 2.24) is 9.13 Å². The van der Waals surface area contributed by atoms with E-state index in [9.17, 15) is 14.7 Å². The molecule has 0 amide bonds. The summed E-state index contributed by atoms with van der Waals surface area (Å²) in [5.74, 6) is -0.570. The molecule has 1 aromatic carbocycles. The van der Waals surface area contributed by atoms with Gasteiger partial charge in [-0.25, -0.2) is 16.9 Å². The molecule has 3 rings (SSSR count). The van der Waals surface area contributed by atoms with Crippen molar-refractivity contribution >= 4 is 6.08 Å². The summed E-state index contributed by atoms with van der Waals surface area (Å²) in [5, 5.41) is 11.8. The minimum absolute atomic E-state index is 0. The van der Waals surface area contributed by atoms with E-state index in [-0.39, 0.29) is 22.6 Å². The van der Waals surface area contributed by atoms with Gasteiger partial charge in [0.2, 0.25) is 0 Å². The Morgan fingerprint density at radius 1 is 1.04 bits per heavy atom. The second-order valence-corrected chi connectivity index (χ2v) is 4.75. The summed E-state index contributed by atoms with van der Waals surface area (Å²) in [6, 6.07) is 10.0. The van der Waals surface area contributed by atoms with Crippen LogP contribution in [-0.4, -0.2) is 9.13 Å². The molecule has 0 bridgehead atoms. The zero-order chi connectivity index (χ0) is 16.1. The quantitative estimate of drug-likeness (QED) is 0.570. The average molecular weight is 352 g/mol. The van der Waals surface area contributed by atoms with E-state index in [4.69, 9.17) is 0 Å². The van der Waals surface area contributed by atoms with Crippen LogP contribution in [0.25, 0.3) is 6.08 Å². The maximum atomic E-state index is 11.8. The van der Waals surface area contributed by atoms with Crippen LogP contribution in [0.5, 0.6) is 5.88 Å². The molecular weight excluding hydrogens is 336 g/mol. The Hall–Kier alpha value is -2.43.